The molecular formula is C48H35N3. The number of hydrogen-bond acceptors (Lipinski definition) is 3. The van der Waals surface area contributed by atoms with Gasteiger partial charge in [-0.15, -0.1) is 0 Å². The summed E-state index contributed by atoms with van der Waals surface area (Å²) in [7, 11) is 0. The third-order valence-corrected chi connectivity index (χ3v) is 9.30. The highest BCUT2D eigenvalue weighted by atomic mass is 14.9. The molecule has 0 amide bonds. The number of aromatic nitrogens is 3. The van der Waals surface area contributed by atoms with Gasteiger partial charge in [0.1, 0.15) is 0 Å². The van der Waals surface area contributed by atoms with Gasteiger partial charge in [-0.2, -0.15) is 0 Å². The molecule has 0 unspecified atom stereocenters. The molecule has 51 heavy (non-hydrogen) atoms. The van der Waals surface area contributed by atoms with Crippen molar-refractivity contribution in [3.8, 4) is 56.2 Å². The molecule has 0 radical (unpaired) electrons. The fourth-order valence-electron chi connectivity index (χ4n) is 6.94. The Labute approximate surface area is 298 Å². The van der Waals surface area contributed by atoms with Gasteiger partial charge in [0, 0.05) is 29.1 Å². The minimum Gasteiger partial charge on any atom is -0.264 e. The second kappa shape index (κ2) is 14.0. The molecule has 8 aromatic rings. The van der Waals surface area contributed by atoms with Crippen molar-refractivity contribution in [2.75, 3.05) is 0 Å². The lowest BCUT2D eigenvalue weighted by Crippen LogP contribution is -1.97. The van der Waals surface area contributed by atoms with Crippen molar-refractivity contribution < 1.29 is 0 Å². The van der Waals surface area contributed by atoms with Crippen LogP contribution in [0.3, 0.4) is 0 Å². The first-order valence-electron chi connectivity index (χ1n) is 17.2. The summed E-state index contributed by atoms with van der Waals surface area (Å²) in [5.74, 6) is 0.658. The van der Waals surface area contributed by atoms with Crippen LogP contribution in [0.25, 0.3) is 83.3 Å². The number of fused-ring (bicyclic) bond motifs is 2. The fraction of sp³-hybridized carbons (Fsp3) is 0.0208. The molecule has 0 saturated carbocycles. The van der Waals surface area contributed by atoms with E-state index in [9.17, 15) is 0 Å². The van der Waals surface area contributed by atoms with Crippen LogP contribution in [0.2, 0.25) is 0 Å². The van der Waals surface area contributed by atoms with Crippen LogP contribution in [0.5, 0.6) is 0 Å². The average Bonchev–Trinajstić information content (AvgIpc) is 3.21. The molecule has 3 nitrogen and oxygen atoms in total. The number of hydrogen-bond donors (Lipinski definition) is 0. The predicted octanol–water partition coefficient (Wildman–Crippen LogP) is 12.7. The second-order valence-corrected chi connectivity index (χ2v) is 12.4. The van der Waals surface area contributed by atoms with Crippen molar-refractivity contribution in [3.05, 3.63) is 194 Å². The normalized spacial score (nSPS) is 11.7. The van der Waals surface area contributed by atoms with Gasteiger partial charge in [-0.1, -0.05) is 146 Å². The summed E-state index contributed by atoms with van der Waals surface area (Å²) in [5, 5.41) is 4.87. The monoisotopic (exact) mass is 653 g/mol. The van der Waals surface area contributed by atoms with E-state index in [1.54, 1.807) is 12.3 Å². The van der Waals surface area contributed by atoms with E-state index in [2.05, 4.69) is 157 Å². The number of benzene rings is 6. The van der Waals surface area contributed by atoms with Crippen LogP contribution in [-0.4, -0.2) is 15.0 Å². The van der Waals surface area contributed by atoms with Crippen molar-refractivity contribution in [1.29, 1.82) is 0 Å². The van der Waals surface area contributed by atoms with E-state index < -0.39 is 0 Å². The summed E-state index contributed by atoms with van der Waals surface area (Å²) >= 11 is 0. The molecular weight excluding hydrogens is 619 g/mol. The molecule has 8 rings (SSSR count). The van der Waals surface area contributed by atoms with Crippen molar-refractivity contribution in [2.45, 2.75) is 6.92 Å². The van der Waals surface area contributed by atoms with E-state index in [-0.39, 0.29) is 0 Å². The first-order valence-corrected chi connectivity index (χ1v) is 17.2. The molecule has 0 spiro atoms. The summed E-state index contributed by atoms with van der Waals surface area (Å²) < 4.78 is 0. The Balaban J connectivity index is 1.32. The molecule has 0 aliphatic heterocycles. The molecule has 0 saturated heterocycles. The van der Waals surface area contributed by atoms with Crippen LogP contribution in [0, 0.1) is 0 Å². The van der Waals surface area contributed by atoms with Crippen LogP contribution in [0.1, 0.15) is 12.5 Å². The van der Waals surface area contributed by atoms with Crippen molar-refractivity contribution in [1.82, 2.24) is 15.0 Å². The van der Waals surface area contributed by atoms with Gasteiger partial charge in [-0.05, 0) is 92.2 Å². The maximum atomic E-state index is 5.22. The zero-order valence-corrected chi connectivity index (χ0v) is 28.4. The van der Waals surface area contributed by atoms with Crippen LogP contribution in [0.4, 0.5) is 0 Å². The van der Waals surface area contributed by atoms with E-state index >= 15 is 0 Å². The SMILES string of the molecule is C=C/C=C\C(=C/C)c1cccc(-c2cc(-c3cccnc3)nc(-c3cccc(-c4c5ccccc5c(-c5ccccc5)c5ccccc45)c3)n2)c1. The van der Waals surface area contributed by atoms with Gasteiger partial charge in [0.15, 0.2) is 5.82 Å². The molecule has 2 heterocycles. The Morgan fingerprint density at radius 2 is 1.10 bits per heavy atom. The van der Waals surface area contributed by atoms with Crippen LogP contribution in [0.15, 0.2) is 189 Å². The smallest absolute Gasteiger partial charge is 0.160 e. The van der Waals surface area contributed by atoms with Gasteiger partial charge < -0.3 is 0 Å². The highest BCUT2D eigenvalue weighted by Gasteiger charge is 2.18. The molecule has 242 valence electrons. The van der Waals surface area contributed by atoms with E-state index in [0.717, 1.165) is 44.8 Å². The van der Waals surface area contributed by atoms with Gasteiger partial charge >= 0.3 is 0 Å². The Morgan fingerprint density at radius 3 is 1.75 bits per heavy atom. The van der Waals surface area contributed by atoms with E-state index in [1.807, 2.05) is 31.3 Å². The number of rotatable bonds is 8. The standard InChI is InChI=1S/C48H35N3/c1-3-5-16-33(4-2)35-19-13-20-36(29-35)44-31-45(39-23-15-28-49-32-39)51-48(50-44)38-22-14-21-37(30-38)47-42-26-11-9-24-40(42)46(34-17-7-6-8-18-34)41-25-10-12-27-43(41)47/h3-32H,1H2,2H3/b16-5-,33-4+. The van der Waals surface area contributed by atoms with Gasteiger partial charge in [0.2, 0.25) is 0 Å². The maximum absolute atomic E-state index is 5.22. The highest BCUT2D eigenvalue weighted by molar-refractivity contribution is 6.21. The molecule has 6 aromatic carbocycles. The van der Waals surface area contributed by atoms with Gasteiger partial charge in [-0.25, -0.2) is 9.97 Å². The molecule has 3 heteroatoms. The molecule has 0 bridgehead atoms. The Kier molecular flexibility index (Phi) is 8.68. The second-order valence-electron chi connectivity index (χ2n) is 12.4. The molecule has 0 atom stereocenters. The van der Waals surface area contributed by atoms with Crippen LogP contribution >= 0.6 is 0 Å². The third kappa shape index (κ3) is 6.18. The van der Waals surface area contributed by atoms with Gasteiger partial charge in [0.25, 0.3) is 0 Å². The largest absolute Gasteiger partial charge is 0.264 e. The lowest BCUT2D eigenvalue weighted by atomic mass is 9.85. The highest BCUT2D eigenvalue weighted by Crippen LogP contribution is 2.44. The van der Waals surface area contributed by atoms with Gasteiger partial charge in [-0.3, -0.25) is 4.98 Å². The maximum Gasteiger partial charge on any atom is 0.160 e. The summed E-state index contributed by atoms with van der Waals surface area (Å²) in [6.07, 6.45) is 11.6. The Bertz CT molecular complexity index is 2540. The summed E-state index contributed by atoms with van der Waals surface area (Å²) in [6, 6.07) is 51.4. The number of nitrogens with zero attached hydrogens (tertiary/aromatic N) is 3. The fourth-order valence-corrected chi connectivity index (χ4v) is 6.94. The average molecular weight is 654 g/mol. The summed E-state index contributed by atoms with van der Waals surface area (Å²) in [5.41, 5.74) is 11.6. The van der Waals surface area contributed by atoms with E-state index in [1.165, 1.54) is 38.2 Å². The van der Waals surface area contributed by atoms with Crippen LogP contribution in [-0.2, 0) is 0 Å². The quantitative estimate of drug-likeness (QED) is 0.121. The lowest BCUT2D eigenvalue weighted by Gasteiger charge is -2.18. The van der Waals surface area contributed by atoms with Crippen LogP contribution < -0.4 is 0 Å². The summed E-state index contributed by atoms with van der Waals surface area (Å²) in [4.78, 5) is 14.8. The molecule has 0 aliphatic rings. The third-order valence-electron chi connectivity index (χ3n) is 9.30. The zero-order valence-electron chi connectivity index (χ0n) is 28.4. The minimum atomic E-state index is 0.658. The van der Waals surface area contributed by atoms with E-state index in [0.29, 0.717) is 5.82 Å². The van der Waals surface area contributed by atoms with Gasteiger partial charge in [0.05, 0.1) is 11.4 Å². The Morgan fingerprint density at radius 1 is 0.529 bits per heavy atom. The van der Waals surface area contributed by atoms with Crippen molar-refractivity contribution in [2.24, 2.45) is 0 Å². The first kappa shape index (κ1) is 31.6. The summed E-state index contributed by atoms with van der Waals surface area (Å²) in [6.45, 7) is 5.89. The molecule has 0 N–H and O–H groups in total. The number of allylic oxidation sites excluding steroid dienone is 5. The van der Waals surface area contributed by atoms with Crippen molar-refractivity contribution in [3.63, 3.8) is 0 Å². The number of pyridine rings is 1. The predicted molar refractivity (Wildman–Crippen MR) is 215 cm³/mol. The topological polar surface area (TPSA) is 38.7 Å². The lowest BCUT2D eigenvalue weighted by molar-refractivity contribution is 1.18. The minimum absolute atomic E-state index is 0.658. The zero-order chi connectivity index (χ0) is 34.6. The molecule has 2 aromatic heterocycles. The van der Waals surface area contributed by atoms with Crippen molar-refractivity contribution >= 4 is 27.1 Å². The molecule has 0 fully saturated rings. The molecule has 0 aliphatic carbocycles. The van der Waals surface area contributed by atoms with E-state index in [4.69, 9.17) is 9.97 Å². The Hall–Kier alpha value is -6.71. The first-order chi connectivity index (χ1) is 25.2.